The second kappa shape index (κ2) is 9.04. The summed E-state index contributed by atoms with van der Waals surface area (Å²) in [5.74, 6) is -3.08. The molecule has 0 unspecified atom stereocenters. The third-order valence-electron chi connectivity index (χ3n) is 3.26. The van der Waals surface area contributed by atoms with E-state index in [2.05, 4.69) is 16.0 Å². The van der Waals surface area contributed by atoms with E-state index in [1.54, 1.807) is 17.5 Å². The summed E-state index contributed by atoms with van der Waals surface area (Å²) in [4.78, 5) is 35.5. The van der Waals surface area contributed by atoms with Crippen molar-refractivity contribution in [2.24, 2.45) is 0 Å². The third-order valence-corrected chi connectivity index (χ3v) is 4.05. The molecule has 0 aliphatic rings. The molecule has 3 amide bonds. The summed E-state index contributed by atoms with van der Waals surface area (Å²) >= 11 is 1.35. The van der Waals surface area contributed by atoms with Crippen molar-refractivity contribution in [2.75, 3.05) is 11.9 Å². The van der Waals surface area contributed by atoms with Gasteiger partial charge in [0.1, 0.15) is 17.7 Å². The van der Waals surface area contributed by atoms with Crippen LogP contribution in [0.5, 0.6) is 0 Å². The Bertz CT molecular complexity index is 776. The molecule has 1 atom stereocenters. The van der Waals surface area contributed by atoms with Crippen LogP contribution in [0.1, 0.15) is 12.5 Å². The van der Waals surface area contributed by atoms with Crippen LogP contribution in [0.4, 0.5) is 13.8 Å². The number of hydrogen-bond donors (Lipinski definition) is 3. The van der Waals surface area contributed by atoms with E-state index < -0.39 is 35.4 Å². The number of rotatable bonds is 7. The Hall–Kier alpha value is -2.81. The molecule has 26 heavy (non-hydrogen) atoms. The Labute approximate surface area is 152 Å². The highest BCUT2D eigenvalue weighted by atomic mass is 32.1. The maximum Gasteiger partial charge on any atom is 0.244 e. The van der Waals surface area contributed by atoms with Gasteiger partial charge in [0.15, 0.2) is 0 Å². The zero-order valence-electron chi connectivity index (χ0n) is 13.8. The highest BCUT2D eigenvalue weighted by Crippen LogP contribution is 2.14. The maximum absolute atomic E-state index is 13.1. The first-order valence-electron chi connectivity index (χ1n) is 7.69. The lowest BCUT2D eigenvalue weighted by Gasteiger charge is -2.14. The minimum Gasteiger partial charge on any atom is -0.345 e. The summed E-state index contributed by atoms with van der Waals surface area (Å²) < 4.78 is 26.2. The topological polar surface area (TPSA) is 87.3 Å². The van der Waals surface area contributed by atoms with Gasteiger partial charge in [0.2, 0.25) is 17.7 Å². The molecule has 2 rings (SSSR count). The first-order valence-corrected chi connectivity index (χ1v) is 8.57. The minimum absolute atomic E-state index is 0.155. The molecular formula is C17H17F2N3O3S. The lowest BCUT2D eigenvalue weighted by atomic mass is 10.1. The Balaban J connectivity index is 1.76. The Kier molecular flexibility index (Phi) is 6.79. The van der Waals surface area contributed by atoms with Gasteiger partial charge >= 0.3 is 0 Å². The number of carbonyl (C=O) groups excluding carboxylic acids is 3. The van der Waals surface area contributed by atoms with E-state index in [-0.39, 0.29) is 18.5 Å². The van der Waals surface area contributed by atoms with Gasteiger partial charge in [0.05, 0.1) is 18.0 Å². The molecule has 0 fully saturated rings. The number of amides is 3. The van der Waals surface area contributed by atoms with Gasteiger partial charge in [-0.2, -0.15) is 0 Å². The van der Waals surface area contributed by atoms with Crippen molar-refractivity contribution in [1.29, 1.82) is 0 Å². The van der Waals surface area contributed by atoms with E-state index in [0.29, 0.717) is 11.1 Å². The summed E-state index contributed by atoms with van der Waals surface area (Å²) in [6.45, 7) is 1.20. The number of nitrogens with one attached hydrogen (secondary N) is 3. The molecule has 0 aliphatic heterocycles. The van der Waals surface area contributed by atoms with E-state index in [1.165, 1.54) is 18.3 Å². The fourth-order valence-electron chi connectivity index (χ4n) is 2.11. The molecule has 3 N–H and O–H groups in total. The molecule has 0 aliphatic carbocycles. The molecule has 1 aromatic carbocycles. The van der Waals surface area contributed by atoms with Crippen molar-refractivity contribution < 1.29 is 23.2 Å². The molecule has 6 nitrogen and oxygen atoms in total. The van der Waals surface area contributed by atoms with Gasteiger partial charge in [-0.05, 0) is 42.1 Å². The molecule has 0 saturated heterocycles. The van der Waals surface area contributed by atoms with Crippen LogP contribution in [0.15, 0.2) is 35.7 Å². The van der Waals surface area contributed by atoms with E-state index in [9.17, 15) is 23.2 Å². The number of carbonyl (C=O) groups is 3. The summed E-state index contributed by atoms with van der Waals surface area (Å²) in [6.07, 6.45) is -0.273. The fraction of sp³-hybridized carbons (Fsp3) is 0.235. The van der Waals surface area contributed by atoms with Crippen molar-refractivity contribution in [1.82, 2.24) is 10.6 Å². The van der Waals surface area contributed by atoms with E-state index in [1.807, 2.05) is 0 Å². The number of thiophene rings is 1. The molecular weight excluding hydrogens is 364 g/mol. The van der Waals surface area contributed by atoms with Gasteiger partial charge < -0.3 is 16.0 Å². The monoisotopic (exact) mass is 381 g/mol. The van der Waals surface area contributed by atoms with E-state index in [4.69, 9.17) is 0 Å². The molecule has 0 saturated carbocycles. The first-order chi connectivity index (χ1) is 12.3. The predicted octanol–water partition coefficient (Wildman–Crippen LogP) is 1.83. The molecule has 9 heteroatoms. The number of benzene rings is 1. The molecule has 138 valence electrons. The molecule has 0 bridgehead atoms. The lowest BCUT2D eigenvalue weighted by Crippen LogP contribution is -2.47. The van der Waals surface area contributed by atoms with Crippen molar-refractivity contribution in [3.05, 3.63) is 52.9 Å². The van der Waals surface area contributed by atoms with Crippen molar-refractivity contribution in [3.8, 4) is 0 Å². The highest BCUT2D eigenvalue weighted by Gasteiger charge is 2.17. The van der Waals surface area contributed by atoms with Gasteiger partial charge in [-0.15, -0.1) is 11.3 Å². The summed E-state index contributed by atoms with van der Waals surface area (Å²) in [5.41, 5.74) is 0.155. The summed E-state index contributed by atoms with van der Waals surface area (Å²) in [7, 11) is 0. The molecule has 1 heterocycles. The van der Waals surface area contributed by atoms with Gasteiger partial charge in [-0.1, -0.05) is 0 Å². The average molecular weight is 381 g/mol. The zero-order chi connectivity index (χ0) is 19.1. The van der Waals surface area contributed by atoms with Crippen LogP contribution in [0, 0.1) is 11.6 Å². The zero-order valence-corrected chi connectivity index (χ0v) is 14.7. The largest absolute Gasteiger partial charge is 0.345 e. The predicted molar refractivity (Wildman–Crippen MR) is 93.6 cm³/mol. The minimum atomic E-state index is -0.907. The van der Waals surface area contributed by atoms with Crippen LogP contribution >= 0.6 is 11.3 Å². The second-order valence-corrected chi connectivity index (χ2v) is 6.43. The first kappa shape index (κ1) is 19.5. The van der Waals surface area contributed by atoms with Gasteiger partial charge in [0.25, 0.3) is 0 Å². The van der Waals surface area contributed by atoms with Gasteiger partial charge in [-0.3, -0.25) is 14.4 Å². The quantitative estimate of drug-likeness (QED) is 0.684. The SMILES string of the molecule is C[C@H](NC(=O)Cc1cc(F)cc(F)c1)C(=O)NCC(=O)Nc1cccs1. The standard InChI is InChI=1S/C17H17F2N3O3S/c1-10(17(25)20-9-15(24)22-16-3-2-4-26-16)21-14(23)7-11-5-12(18)8-13(19)6-11/h2-6,8,10H,7,9H2,1H3,(H,20,25)(H,21,23)(H,22,24)/t10-/m0/s1. The summed E-state index contributed by atoms with van der Waals surface area (Å²) in [6, 6.07) is 5.39. The van der Waals surface area contributed by atoms with Gasteiger partial charge in [0, 0.05) is 6.07 Å². The smallest absolute Gasteiger partial charge is 0.244 e. The van der Waals surface area contributed by atoms with Crippen LogP contribution in [-0.2, 0) is 20.8 Å². The van der Waals surface area contributed by atoms with E-state index >= 15 is 0 Å². The van der Waals surface area contributed by atoms with Crippen molar-refractivity contribution >= 4 is 34.1 Å². The van der Waals surface area contributed by atoms with Crippen LogP contribution in [0.2, 0.25) is 0 Å². The van der Waals surface area contributed by atoms with Crippen LogP contribution in [0.25, 0.3) is 0 Å². The molecule has 0 spiro atoms. The van der Waals surface area contributed by atoms with Crippen LogP contribution < -0.4 is 16.0 Å². The molecule has 2 aromatic rings. The molecule has 0 radical (unpaired) electrons. The number of hydrogen-bond acceptors (Lipinski definition) is 4. The van der Waals surface area contributed by atoms with Crippen molar-refractivity contribution in [3.63, 3.8) is 0 Å². The van der Waals surface area contributed by atoms with Crippen molar-refractivity contribution in [2.45, 2.75) is 19.4 Å². The Morgan fingerprint density at radius 3 is 2.42 bits per heavy atom. The van der Waals surface area contributed by atoms with Crippen LogP contribution in [0.3, 0.4) is 0 Å². The van der Waals surface area contributed by atoms with E-state index in [0.717, 1.165) is 12.1 Å². The maximum atomic E-state index is 13.1. The van der Waals surface area contributed by atoms with Crippen LogP contribution in [-0.4, -0.2) is 30.3 Å². The number of anilines is 1. The third kappa shape index (κ3) is 6.25. The fourth-order valence-corrected chi connectivity index (χ4v) is 2.74. The lowest BCUT2D eigenvalue weighted by molar-refractivity contribution is -0.129. The average Bonchev–Trinajstić information content (AvgIpc) is 3.04. The Morgan fingerprint density at radius 2 is 1.81 bits per heavy atom. The highest BCUT2D eigenvalue weighted by molar-refractivity contribution is 7.14. The van der Waals surface area contributed by atoms with Gasteiger partial charge in [-0.25, -0.2) is 8.78 Å². The molecule has 1 aromatic heterocycles. The summed E-state index contributed by atoms with van der Waals surface area (Å²) in [5, 5.41) is 9.88. The Morgan fingerprint density at radius 1 is 1.12 bits per heavy atom. The second-order valence-electron chi connectivity index (χ2n) is 5.49. The number of halogens is 2. The normalized spacial score (nSPS) is 11.5.